The molecule has 0 unspecified atom stereocenters. The average molecular weight is 363 g/mol. The summed E-state index contributed by atoms with van der Waals surface area (Å²) in [5.74, 6) is 0.435. The number of carbonyl (C=O) groups is 1. The zero-order valence-electron chi connectivity index (χ0n) is 14.1. The first-order chi connectivity index (χ1) is 13.2. The normalized spacial score (nSPS) is 10.7. The minimum absolute atomic E-state index is 0.227. The Balaban J connectivity index is 1.41. The van der Waals surface area contributed by atoms with Gasteiger partial charge in [0.15, 0.2) is 18.2 Å². The van der Waals surface area contributed by atoms with E-state index in [9.17, 15) is 9.18 Å². The van der Waals surface area contributed by atoms with E-state index in [1.807, 2.05) is 30.3 Å². The summed E-state index contributed by atoms with van der Waals surface area (Å²) in [6.07, 6.45) is 1.73. The predicted octanol–water partition coefficient (Wildman–Crippen LogP) is 4.05. The molecule has 0 spiro atoms. The summed E-state index contributed by atoms with van der Waals surface area (Å²) in [7, 11) is 0. The van der Waals surface area contributed by atoms with E-state index in [2.05, 4.69) is 15.5 Å². The molecular weight excluding hydrogens is 349 g/mol. The van der Waals surface area contributed by atoms with Crippen LogP contribution in [0.4, 0.5) is 10.2 Å². The molecule has 27 heavy (non-hydrogen) atoms. The smallest absolute Gasteiger partial charge is 0.263 e. The lowest BCUT2D eigenvalue weighted by Crippen LogP contribution is -2.20. The Bertz CT molecular complexity index is 1090. The number of hydrogen-bond donors (Lipinski definition) is 1. The molecule has 2 aromatic carbocycles. The van der Waals surface area contributed by atoms with Gasteiger partial charge in [0, 0.05) is 23.2 Å². The zero-order valence-corrected chi connectivity index (χ0v) is 14.1. The minimum Gasteiger partial charge on any atom is -0.484 e. The van der Waals surface area contributed by atoms with E-state index in [1.54, 1.807) is 12.3 Å². The molecule has 1 amide bonds. The van der Waals surface area contributed by atoms with Gasteiger partial charge >= 0.3 is 0 Å². The van der Waals surface area contributed by atoms with Crippen LogP contribution in [0.3, 0.4) is 0 Å². The van der Waals surface area contributed by atoms with Crippen LogP contribution in [0.5, 0.6) is 5.75 Å². The molecule has 2 aromatic heterocycles. The van der Waals surface area contributed by atoms with Crippen LogP contribution in [0, 0.1) is 5.82 Å². The maximum atomic E-state index is 12.8. The predicted molar refractivity (Wildman–Crippen MR) is 97.8 cm³/mol. The first-order valence-electron chi connectivity index (χ1n) is 8.17. The molecule has 0 saturated heterocycles. The topological polar surface area (TPSA) is 77.2 Å². The quantitative estimate of drug-likeness (QED) is 0.579. The van der Waals surface area contributed by atoms with E-state index in [4.69, 9.17) is 9.26 Å². The molecule has 2 heterocycles. The van der Waals surface area contributed by atoms with Crippen LogP contribution < -0.4 is 10.1 Å². The molecule has 1 N–H and O–H groups in total. The molecule has 0 saturated carbocycles. The second kappa shape index (κ2) is 7.25. The lowest BCUT2D eigenvalue weighted by atomic mass is 10.1. The molecular formula is C20H14FN3O3. The van der Waals surface area contributed by atoms with Crippen LogP contribution in [-0.4, -0.2) is 22.7 Å². The third-order valence-corrected chi connectivity index (χ3v) is 3.85. The largest absolute Gasteiger partial charge is 0.484 e. The van der Waals surface area contributed by atoms with Gasteiger partial charge in [-0.3, -0.25) is 9.78 Å². The van der Waals surface area contributed by atoms with E-state index in [0.717, 1.165) is 16.5 Å². The van der Waals surface area contributed by atoms with Crippen molar-refractivity contribution in [2.45, 2.75) is 0 Å². The van der Waals surface area contributed by atoms with Gasteiger partial charge in [-0.1, -0.05) is 11.2 Å². The Morgan fingerprint density at radius 1 is 1.11 bits per heavy atom. The SMILES string of the molecule is O=C(COc1ccc(F)cc1)Nc1cc(-c2ccc3ncccc3c2)on1. The third-order valence-electron chi connectivity index (χ3n) is 3.85. The molecule has 0 aliphatic carbocycles. The highest BCUT2D eigenvalue weighted by atomic mass is 19.1. The number of aromatic nitrogens is 2. The van der Waals surface area contributed by atoms with Crippen LogP contribution in [0.1, 0.15) is 0 Å². The number of fused-ring (bicyclic) bond motifs is 1. The Morgan fingerprint density at radius 3 is 2.81 bits per heavy atom. The van der Waals surface area contributed by atoms with E-state index in [-0.39, 0.29) is 18.2 Å². The maximum absolute atomic E-state index is 12.8. The van der Waals surface area contributed by atoms with Crippen LogP contribution in [0.25, 0.3) is 22.2 Å². The minimum atomic E-state index is -0.401. The second-order valence-electron chi connectivity index (χ2n) is 5.78. The molecule has 0 fully saturated rings. The number of hydrogen-bond acceptors (Lipinski definition) is 5. The average Bonchev–Trinajstić information content (AvgIpc) is 3.15. The summed E-state index contributed by atoms with van der Waals surface area (Å²) in [4.78, 5) is 16.2. The molecule has 134 valence electrons. The first-order valence-corrected chi connectivity index (χ1v) is 8.17. The van der Waals surface area contributed by atoms with Crippen LogP contribution >= 0.6 is 0 Å². The summed E-state index contributed by atoms with van der Waals surface area (Å²) in [5, 5.41) is 7.42. The summed E-state index contributed by atoms with van der Waals surface area (Å²) in [5.41, 5.74) is 1.71. The van der Waals surface area contributed by atoms with Gasteiger partial charge in [0.05, 0.1) is 5.52 Å². The van der Waals surface area contributed by atoms with Crippen molar-refractivity contribution in [1.29, 1.82) is 0 Å². The zero-order chi connectivity index (χ0) is 18.6. The van der Waals surface area contributed by atoms with Gasteiger partial charge in [0.2, 0.25) is 0 Å². The fourth-order valence-corrected chi connectivity index (χ4v) is 2.56. The number of nitrogens with zero attached hydrogens (tertiary/aromatic N) is 2. The van der Waals surface area contributed by atoms with E-state index in [0.29, 0.717) is 11.5 Å². The number of carbonyl (C=O) groups excluding carboxylic acids is 1. The summed E-state index contributed by atoms with van der Waals surface area (Å²) in [6, 6.07) is 16.6. The molecule has 0 atom stereocenters. The van der Waals surface area contributed by atoms with Gasteiger partial charge in [-0.05, 0) is 48.5 Å². The van der Waals surface area contributed by atoms with Crippen molar-refractivity contribution in [2.75, 3.05) is 11.9 Å². The van der Waals surface area contributed by atoms with Gasteiger partial charge in [-0.25, -0.2) is 4.39 Å². The van der Waals surface area contributed by atoms with Gasteiger partial charge in [0.25, 0.3) is 5.91 Å². The summed E-state index contributed by atoms with van der Waals surface area (Å²) in [6.45, 7) is -0.227. The van der Waals surface area contributed by atoms with Gasteiger partial charge in [0.1, 0.15) is 11.6 Å². The number of benzene rings is 2. The number of anilines is 1. The molecule has 4 aromatic rings. The third kappa shape index (κ3) is 3.92. The fourth-order valence-electron chi connectivity index (χ4n) is 2.56. The van der Waals surface area contributed by atoms with Crippen LogP contribution in [0.2, 0.25) is 0 Å². The summed E-state index contributed by atoms with van der Waals surface area (Å²) >= 11 is 0. The number of rotatable bonds is 5. The van der Waals surface area contributed by atoms with E-state index >= 15 is 0 Å². The number of pyridine rings is 1. The molecule has 6 nitrogen and oxygen atoms in total. The highest BCUT2D eigenvalue weighted by molar-refractivity contribution is 5.91. The maximum Gasteiger partial charge on any atom is 0.263 e. The summed E-state index contributed by atoms with van der Waals surface area (Å²) < 4.78 is 23.4. The number of amides is 1. The first kappa shape index (κ1) is 16.7. The van der Waals surface area contributed by atoms with Gasteiger partial charge < -0.3 is 14.6 Å². The lowest BCUT2D eigenvalue weighted by Gasteiger charge is -2.05. The van der Waals surface area contributed by atoms with Gasteiger partial charge in [-0.15, -0.1) is 0 Å². The van der Waals surface area contributed by atoms with Crippen molar-refractivity contribution < 1.29 is 18.4 Å². The number of halogens is 1. The highest BCUT2D eigenvalue weighted by Crippen LogP contribution is 2.25. The van der Waals surface area contributed by atoms with Crippen molar-refractivity contribution in [3.05, 3.63) is 72.7 Å². The standard InChI is InChI=1S/C20H14FN3O3/c21-15-4-6-16(7-5-15)26-12-20(25)23-19-11-18(27-24-19)14-3-8-17-13(10-14)2-1-9-22-17/h1-11H,12H2,(H,23,24,25). The van der Waals surface area contributed by atoms with Crippen molar-refractivity contribution in [2.24, 2.45) is 0 Å². The molecule has 7 heteroatoms. The molecule has 0 bridgehead atoms. The molecule has 0 radical (unpaired) electrons. The Labute approximate surface area is 153 Å². The molecule has 4 rings (SSSR count). The highest BCUT2D eigenvalue weighted by Gasteiger charge is 2.11. The van der Waals surface area contributed by atoms with Crippen molar-refractivity contribution in [3.63, 3.8) is 0 Å². The van der Waals surface area contributed by atoms with E-state index < -0.39 is 5.91 Å². The number of nitrogens with one attached hydrogen (secondary N) is 1. The van der Waals surface area contributed by atoms with Gasteiger partial charge in [-0.2, -0.15) is 0 Å². The van der Waals surface area contributed by atoms with Crippen molar-refractivity contribution in [3.8, 4) is 17.1 Å². The second-order valence-corrected chi connectivity index (χ2v) is 5.78. The Hall–Kier alpha value is -3.74. The van der Waals surface area contributed by atoms with Crippen molar-refractivity contribution in [1.82, 2.24) is 10.1 Å². The lowest BCUT2D eigenvalue weighted by molar-refractivity contribution is -0.118. The number of ether oxygens (including phenoxy) is 1. The Morgan fingerprint density at radius 2 is 1.96 bits per heavy atom. The van der Waals surface area contributed by atoms with Crippen molar-refractivity contribution >= 4 is 22.6 Å². The fraction of sp³-hybridized carbons (Fsp3) is 0.0500. The molecule has 0 aliphatic rings. The molecule has 0 aliphatic heterocycles. The van der Waals surface area contributed by atoms with Crippen LogP contribution in [-0.2, 0) is 4.79 Å². The van der Waals surface area contributed by atoms with E-state index in [1.165, 1.54) is 24.3 Å². The van der Waals surface area contributed by atoms with Crippen LogP contribution in [0.15, 0.2) is 71.4 Å². The monoisotopic (exact) mass is 363 g/mol. The Kier molecular flexibility index (Phi) is 4.49.